The van der Waals surface area contributed by atoms with E-state index >= 15 is 0 Å². The first-order valence-electron chi connectivity index (χ1n) is 7.45. The molecule has 1 heterocycles. The van der Waals surface area contributed by atoms with Gasteiger partial charge < -0.3 is 16.0 Å². The third-order valence-corrected chi connectivity index (χ3v) is 4.01. The van der Waals surface area contributed by atoms with Gasteiger partial charge in [0.2, 0.25) is 0 Å². The van der Waals surface area contributed by atoms with Crippen LogP contribution in [0, 0.1) is 0 Å². The first-order valence-corrected chi connectivity index (χ1v) is 8.25. The van der Waals surface area contributed by atoms with Gasteiger partial charge in [-0.2, -0.15) is 0 Å². The second kappa shape index (κ2) is 7.61. The fourth-order valence-electron chi connectivity index (χ4n) is 2.45. The normalized spacial score (nSPS) is 11.2. The van der Waals surface area contributed by atoms with E-state index in [1.54, 1.807) is 0 Å². The smallest absolute Gasteiger partial charge is 0.0954 e. The molecule has 0 bridgehead atoms. The minimum Gasteiger partial charge on any atom is -0.398 e. The molecule has 0 spiro atoms. The van der Waals surface area contributed by atoms with E-state index in [1.807, 2.05) is 24.4 Å². The number of fused-ring (bicyclic) bond motifs is 1. The predicted octanol–water partition coefficient (Wildman–Crippen LogP) is 3.72. The Balaban J connectivity index is 2.10. The van der Waals surface area contributed by atoms with Crippen LogP contribution in [0.2, 0.25) is 0 Å². The van der Waals surface area contributed by atoms with Gasteiger partial charge in [-0.05, 0) is 53.6 Å². The fraction of sp³-hybridized carbons (Fsp3) is 0.438. The average Bonchev–Trinajstić information content (AvgIpc) is 2.49. The second-order valence-corrected chi connectivity index (χ2v) is 6.03. The van der Waals surface area contributed by atoms with E-state index < -0.39 is 0 Å². The third kappa shape index (κ3) is 4.08. The van der Waals surface area contributed by atoms with Crippen molar-refractivity contribution in [1.29, 1.82) is 0 Å². The molecule has 1 aromatic heterocycles. The summed E-state index contributed by atoms with van der Waals surface area (Å²) in [6.07, 6.45) is 3.00. The molecule has 0 atom stereocenters. The summed E-state index contributed by atoms with van der Waals surface area (Å²) in [6, 6.07) is 5.95. The number of hydrogen-bond donors (Lipinski definition) is 2. The topological polar surface area (TPSA) is 54.2 Å². The average molecular weight is 351 g/mol. The van der Waals surface area contributed by atoms with Crippen LogP contribution in [-0.2, 0) is 0 Å². The molecule has 0 unspecified atom stereocenters. The molecule has 0 amide bonds. The zero-order chi connectivity index (χ0) is 15.2. The van der Waals surface area contributed by atoms with E-state index in [0.717, 1.165) is 52.9 Å². The maximum Gasteiger partial charge on any atom is 0.0954 e. The van der Waals surface area contributed by atoms with Gasteiger partial charge in [0, 0.05) is 34.8 Å². The lowest BCUT2D eigenvalue weighted by atomic mass is 10.1. The van der Waals surface area contributed by atoms with Crippen LogP contribution in [0.4, 0.5) is 11.4 Å². The van der Waals surface area contributed by atoms with Crippen molar-refractivity contribution in [2.45, 2.75) is 20.3 Å². The van der Waals surface area contributed by atoms with Crippen LogP contribution < -0.4 is 11.1 Å². The molecule has 3 N–H and O–H groups in total. The molecule has 0 aliphatic carbocycles. The molecule has 114 valence electrons. The van der Waals surface area contributed by atoms with Crippen LogP contribution in [0.3, 0.4) is 0 Å². The number of halogens is 1. The Kier molecular flexibility index (Phi) is 5.82. The number of rotatable bonds is 7. The zero-order valence-corrected chi connectivity index (χ0v) is 14.3. The molecule has 1 aromatic carbocycles. The quantitative estimate of drug-likeness (QED) is 0.747. The molecule has 0 aliphatic heterocycles. The number of benzene rings is 1. The molecule has 0 saturated carbocycles. The molecule has 0 fully saturated rings. The summed E-state index contributed by atoms with van der Waals surface area (Å²) in [5.74, 6) is 0. The lowest BCUT2D eigenvalue weighted by Gasteiger charge is -2.20. The summed E-state index contributed by atoms with van der Waals surface area (Å²) < 4.78 is 0.943. The van der Waals surface area contributed by atoms with Gasteiger partial charge in [0.05, 0.1) is 11.2 Å². The molecule has 0 aliphatic rings. The van der Waals surface area contributed by atoms with E-state index in [0.29, 0.717) is 0 Å². The third-order valence-electron chi connectivity index (χ3n) is 3.58. The summed E-state index contributed by atoms with van der Waals surface area (Å²) in [6.45, 7) is 8.59. The molecule has 21 heavy (non-hydrogen) atoms. The van der Waals surface area contributed by atoms with Gasteiger partial charge in [-0.15, -0.1) is 0 Å². The molecule has 2 aromatic rings. The number of anilines is 2. The predicted molar refractivity (Wildman–Crippen MR) is 94.8 cm³/mol. The maximum absolute atomic E-state index is 6.04. The Bertz CT molecular complexity index is 600. The van der Waals surface area contributed by atoms with E-state index in [2.05, 4.69) is 45.0 Å². The monoisotopic (exact) mass is 350 g/mol. The number of hydrogen-bond acceptors (Lipinski definition) is 4. The summed E-state index contributed by atoms with van der Waals surface area (Å²) in [5, 5.41) is 4.46. The first-order chi connectivity index (χ1) is 10.2. The number of nitrogens with two attached hydrogens (primary N) is 1. The minimum absolute atomic E-state index is 0.755. The maximum atomic E-state index is 6.04. The highest BCUT2D eigenvalue weighted by Crippen LogP contribution is 2.28. The lowest BCUT2D eigenvalue weighted by molar-refractivity contribution is 0.300. The SMILES string of the molecule is CCCN(CC)CCNc1ccc(N)c2cc(Br)cnc12. The van der Waals surface area contributed by atoms with Crippen molar-refractivity contribution in [3.63, 3.8) is 0 Å². The first kappa shape index (κ1) is 16.0. The number of likely N-dealkylation sites (N-methyl/N-ethyl adjacent to an activating group) is 1. The molecule has 5 heteroatoms. The van der Waals surface area contributed by atoms with Crippen molar-refractivity contribution >= 4 is 38.2 Å². The van der Waals surface area contributed by atoms with E-state index in [1.165, 1.54) is 6.42 Å². The van der Waals surface area contributed by atoms with Crippen LogP contribution in [0.5, 0.6) is 0 Å². The van der Waals surface area contributed by atoms with Crippen LogP contribution >= 0.6 is 15.9 Å². The lowest BCUT2D eigenvalue weighted by Crippen LogP contribution is -2.29. The van der Waals surface area contributed by atoms with E-state index in [-0.39, 0.29) is 0 Å². The highest BCUT2D eigenvalue weighted by atomic mass is 79.9. The highest BCUT2D eigenvalue weighted by molar-refractivity contribution is 9.10. The molecule has 4 nitrogen and oxygen atoms in total. The second-order valence-electron chi connectivity index (χ2n) is 5.11. The number of nitrogen functional groups attached to an aromatic ring is 1. The fourth-order valence-corrected chi connectivity index (χ4v) is 2.78. The van der Waals surface area contributed by atoms with Gasteiger partial charge in [0.15, 0.2) is 0 Å². The van der Waals surface area contributed by atoms with Crippen molar-refractivity contribution in [2.24, 2.45) is 0 Å². The minimum atomic E-state index is 0.755. The van der Waals surface area contributed by atoms with Gasteiger partial charge in [0.1, 0.15) is 0 Å². The summed E-state index contributed by atoms with van der Waals surface area (Å²) in [5.41, 5.74) is 8.76. The van der Waals surface area contributed by atoms with Crippen LogP contribution in [0.25, 0.3) is 10.9 Å². The number of nitrogens with zero attached hydrogens (tertiary/aromatic N) is 2. The van der Waals surface area contributed by atoms with Gasteiger partial charge in [-0.1, -0.05) is 13.8 Å². The Morgan fingerprint density at radius 1 is 1.29 bits per heavy atom. The number of aromatic nitrogens is 1. The zero-order valence-electron chi connectivity index (χ0n) is 12.7. The number of pyridine rings is 1. The van der Waals surface area contributed by atoms with Gasteiger partial charge >= 0.3 is 0 Å². The van der Waals surface area contributed by atoms with Crippen molar-refractivity contribution in [3.05, 3.63) is 28.9 Å². The Labute approximate surface area is 134 Å². The van der Waals surface area contributed by atoms with Crippen molar-refractivity contribution < 1.29 is 0 Å². The molecule has 2 rings (SSSR count). The standard InChI is InChI=1S/C16H23BrN4/c1-3-8-21(4-2)9-7-19-15-6-5-14(18)13-10-12(17)11-20-16(13)15/h5-6,10-11,19H,3-4,7-9,18H2,1-2H3. The molecule has 0 radical (unpaired) electrons. The molecular formula is C16H23BrN4. The van der Waals surface area contributed by atoms with Crippen molar-refractivity contribution in [1.82, 2.24) is 9.88 Å². The van der Waals surface area contributed by atoms with Crippen molar-refractivity contribution in [3.8, 4) is 0 Å². The van der Waals surface area contributed by atoms with Crippen LogP contribution in [0.15, 0.2) is 28.9 Å². The van der Waals surface area contributed by atoms with Gasteiger partial charge in [0.25, 0.3) is 0 Å². The highest BCUT2D eigenvalue weighted by Gasteiger charge is 2.07. The Morgan fingerprint density at radius 2 is 2.10 bits per heavy atom. The Hall–Kier alpha value is -1.33. The molecule has 0 saturated heterocycles. The number of nitrogens with one attached hydrogen (secondary N) is 1. The van der Waals surface area contributed by atoms with Crippen molar-refractivity contribution in [2.75, 3.05) is 37.2 Å². The van der Waals surface area contributed by atoms with E-state index in [9.17, 15) is 0 Å². The summed E-state index contributed by atoms with van der Waals surface area (Å²) in [4.78, 5) is 6.93. The summed E-state index contributed by atoms with van der Waals surface area (Å²) in [7, 11) is 0. The van der Waals surface area contributed by atoms with Crippen LogP contribution in [0.1, 0.15) is 20.3 Å². The Morgan fingerprint density at radius 3 is 2.81 bits per heavy atom. The van der Waals surface area contributed by atoms with Crippen LogP contribution in [-0.4, -0.2) is 36.1 Å². The summed E-state index contributed by atoms with van der Waals surface area (Å²) >= 11 is 3.44. The molecular weight excluding hydrogens is 328 g/mol. The van der Waals surface area contributed by atoms with E-state index in [4.69, 9.17) is 5.73 Å². The van der Waals surface area contributed by atoms with Gasteiger partial charge in [-0.3, -0.25) is 4.98 Å². The largest absolute Gasteiger partial charge is 0.398 e. The van der Waals surface area contributed by atoms with Gasteiger partial charge in [-0.25, -0.2) is 0 Å².